The van der Waals surface area contributed by atoms with Gasteiger partial charge in [-0.2, -0.15) is 0 Å². The van der Waals surface area contributed by atoms with Crippen LogP contribution < -0.4 is 10.6 Å². The third-order valence-corrected chi connectivity index (χ3v) is 4.06. The first-order chi connectivity index (χ1) is 7.75. The quantitative estimate of drug-likeness (QED) is 0.768. The molecule has 3 nitrogen and oxygen atoms in total. The Balaban J connectivity index is 1.72. The van der Waals surface area contributed by atoms with Crippen molar-refractivity contribution in [3.63, 3.8) is 0 Å². The summed E-state index contributed by atoms with van der Waals surface area (Å²) < 4.78 is 0. The van der Waals surface area contributed by atoms with Crippen LogP contribution in [0.25, 0.3) is 0 Å². The molecule has 2 rings (SSSR count). The van der Waals surface area contributed by atoms with Crippen LogP contribution in [-0.4, -0.2) is 24.5 Å². The van der Waals surface area contributed by atoms with Crippen molar-refractivity contribution < 1.29 is 4.79 Å². The molecule has 0 radical (unpaired) electrons. The van der Waals surface area contributed by atoms with Crippen molar-refractivity contribution in [3.8, 4) is 0 Å². The Bertz CT molecular complexity index is 236. The van der Waals surface area contributed by atoms with Crippen molar-refractivity contribution in [1.29, 1.82) is 0 Å². The predicted octanol–water partition coefficient (Wildman–Crippen LogP) is 1.82. The highest BCUT2D eigenvalue weighted by molar-refractivity contribution is 5.77. The molecule has 1 heterocycles. The number of nitrogens with one attached hydrogen (secondary N) is 2. The Morgan fingerprint density at radius 2 is 2.00 bits per heavy atom. The first kappa shape index (κ1) is 11.9. The number of amides is 1. The van der Waals surface area contributed by atoms with Crippen molar-refractivity contribution in [2.24, 2.45) is 5.92 Å². The normalized spacial score (nSPS) is 31.6. The van der Waals surface area contributed by atoms with Gasteiger partial charge in [0, 0.05) is 18.5 Å². The van der Waals surface area contributed by atoms with E-state index in [4.69, 9.17) is 0 Å². The Hall–Kier alpha value is -0.570. The summed E-state index contributed by atoms with van der Waals surface area (Å²) in [7, 11) is 0. The second-order valence-electron chi connectivity index (χ2n) is 5.43. The molecular weight excluding hydrogens is 200 g/mol. The van der Waals surface area contributed by atoms with Gasteiger partial charge in [-0.25, -0.2) is 0 Å². The number of piperidine rings is 1. The van der Waals surface area contributed by atoms with E-state index in [2.05, 4.69) is 17.6 Å². The fourth-order valence-electron chi connectivity index (χ4n) is 2.94. The molecule has 1 saturated carbocycles. The second-order valence-corrected chi connectivity index (χ2v) is 5.43. The third-order valence-electron chi connectivity index (χ3n) is 4.06. The number of hydrogen-bond donors (Lipinski definition) is 2. The summed E-state index contributed by atoms with van der Waals surface area (Å²) in [6.07, 6.45) is 8.10. The van der Waals surface area contributed by atoms with Gasteiger partial charge in [-0.3, -0.25) is 4.79 Å². The number of carbonyl (C=O) groups excluding carboxylic acids is 1. The maximum atomic E-state index is 11.9. The Labute approximate surface area is 98.4 Å². The first-order valence-electron chi connectivity index (χ1n) is 6.78. The SMILES string of the molecule is CC1CCCNC1CC(=O)NC1CCCC1. The molecule has 92 valence electrons. The Morgan fingerprint density at radius 3 is 2.69 bits per heavy atom. The lowest BCUT2D eigenvalue weighted by Gasteiger charge is -2.30. The monoisotopic (exact) mass is 224 g/mol. The highest BCUT2D eigenvalue weighted by Gasteiger charge is 2.24. The van der Waals surface area contributed by atoms with Crippen LogP contribution in [0.4, 0.5) is 0 Å². The molecule has 0 bridgehead atoms. The summed E-state index contributed by atoms with van der Waals surface area (Å²) in [4.78, 5) is 11.9. The predicted molar refractivity (Wildman–Crippen MR) is 65.2 cm³/mol. The zero-order valence-electron chi connectivity index (χ0n) is 10.3. The molecule has 3 heteroatoms. The third kappa shape index (κ3) is 3.21. The van der Waals surface area contributed by atoms with Crippen LogP contribution in [0.15, 0.2) is 0 Å². The van der Waals surface area contributed by atoms with Crippen LogP contribution in [0.1, 0.15) is 51.9 Å². The highest BCUT2D eigenvalue weighted by Crippen LogP contribution is 2.20. The molecule has 0 aromatic rings. The van der Waals surface area contributed by atoms with Gasteiger partial charge < -0.3 is 10.6 Å². The summed E-state index contributed by atoms with van der Waals surface area (Å²) in [6.45, 7) is 3.32. The van der Waals surface area contributed by atoms with Gasteiger partial charge in [0.05, 0.1) is 0 Å². The fourth-order valence-corrected chi connectivity index (χ4v) is 2.94. The van der Waals surface area contributed by atoms with Gasteiger partial charge in [0.25, 0.3) is 0 Å². The molecule has 2 unspecified atom stereocenters. The van der Waals surface area contributed by atoms with E-state index < -0.39 is 0 Å². The number of hydrogen-bond acceptors (Lipinski definition) is 2. The lowest BCUT2D eigenvalue weighted by molar-refractivity contribution is -0.122. The lowest BCUT2D eigenvalue weighted by atomic mass is 9.90. The topological polar surface area (TPSA) is 41.1 Å². The average molecular weight is 224 g/mol. The highest BCUT2D eigenvalue weighted by atomic mass is 16.1. The van der Waals surface area contributed by atoms with Gasteiger partial charge in [0.1, 0.15) is 0 Å². The maximum absolute atomic E-state index is 11.9. The minimum absolute atomic E-state index is 0.248. The Morgan fingerprint density at radius 1 is 1.25 bits per heavy atom. The van der Waals surface area contributed by atoms with Gasteiger partial charge >= 0.3 is 0 Å². The van der Waals surface area contributed by atoms with Crippen LogP contribution in [0.2, 0.25) is 0 Å². The fraction of sp³-hybridized carbons (Fsp3) is 0.923. The largest absolute Gasteiger partial charge is 0.353 e. The molecule has 2 aliphatic rings. The van der Waals surface area contributed by atoms with Crippen molar-refractivity contribution in [2.75, 3.05) is 6.54 Å². The van der Waals surface area contributed by atoms with Gasteiger partial charge in [-0.15, -0.1) is 0 Å². The van der Waals surface area contributed by atoms with E-state index in [1.807, 2.05) is 0 Å². The smallest absolute Gasteiger partial charge is 0.221 e. The van der Waals surface area contributed by atoms with Gasteiger partial charge in [-0.1, -0.05) is 19.8 Å². The van der Waals surface area contributed by atoms with Gasteiger partial charge in [0.2, 0.25) is 5.91 Å². The average Bonchev–Trinajstić information content (AvgIpc) is 2.74. The summed E-state index contributed by atoms with van der Waals surface area (Å²) in [6, 6.07) is 0.863. The molecule has 16 heavy (non-hydrogen) atoms. The van der Waals surface area contributed by atoms with Gasteiger partial charge in [-0.05, 0) is 38.1 Å². The van der Waals surface area contributed by atoms with Crippen LogP contribution in [0.3, 0.4) is 0 Å². The molecule has 1 aliphatic heterocycles. The van der Waals surface area contributed by atoms with Crippen LogP contribution in [0.5, 0.6) is 0 Å². The molecule has 0 aromatic carbocycles. The minimum atomic E-state index is 0.248. The molecule has 2 atom stereocenters. The molecule has 2 fully saturated rings. The van der Waals surface area contributed by atoms with E-state index >= 15 is 0 Å². The lowest BCUT2D eigenvalue weighted by Crippen LogP contribution is -2.44. The molecule has 1 aliphatic carbocycles. The van der Waals surface area contributed by atoms with Crippen molar-refractivity contribution in [2.45, 2.75) is 64.0 Å². The van der Waals surface area contributed by atoms with E-state index in [9.17, 15) is 4.79 Å². The van der Waals surface area contributed by atoms with Crippen LogP contribution in [-0.2, 0) is 4.79 Å². The summed E-state index contributed by atoms with van der Waals surface area (Å²) >= 11 is 0. The zero-order chi connectivity index (χ0) is 11.4. The molecular formula is C13H24N2O. The summed E-state index contributed by atoms with van der Waals surface area (Å²) in [5.74, 6) is 0.890. The first-order valence-corrected chi connectivity index (χ1v) is 6.78. The van der Waals surface area contributed by atoms with E-state index in [1.54, 1.807) is 0 Å². The summed E-state index contributed by atoms with van der Waals surface area (Å²) in [5.41, 5.74) is 0. The summed E-state index contributed by atoms with van der Waals surface area (Å²) in [5, 5.41) is 6.63. The molecule has 1 saturated heterocycles. The van der Waals surface area contributed by atoms with E-state index in [0.717, 1.165) is 6.54 Å². The zero-order valence-corrected chi connectivity index (χ0v) is 10.3. The van der Waals surface area contributed by atoms with Crippen molar-refractivity contribution in [1.82, 2.24) is 10.6 Å². The maximum Gasteiger partial charge on any atom is 0.221 e. The molecule has 0 aromatic heterocycles. The van der Waals surface area contributed by atoms with Crippen LogP contribution >= 0.6 is 0 Å². The van der Waals surface area contributed by atoms with Gasteiger partial charge in [0.15, 0.2) is 0 Å². The Kier molecular flexibility index (Phi) is 4.22. The van der Waals surface area contributed by atoms with Crippen molar-refractivity contribution in [3.05, 3.63) is 0 Å². The van der Waals surface area contributed by atoms with E-state index in [-0.39, 0.29) is 5.91 Å². The molecule has 1 amide bonds. The standard InChI is InChI=1S/C13H24N2O/c1-10-5-4-8-14-12(10)9-13(16)15-11-6-2-3-7-11/h10-12,14H,2-9H2,1H3,(H,15,16). The second kappa shape index (κ2) is 5.67. The van der Waals surface area contributed by atoms with Crippen molar-refractivity contribution >= 4 is 5.91 Å². The molecule has 2 N–H and O–H groups in total. The van der Waals surface area contributed by atoms with E-state index in [1.165, 1.54) is 38.5 Å². The minimum Gasteiger partial charge on any atom is -0.353 e. The van der Waals surface area contributed by atoms with Crippen LogP contribution in [0, 0.1) is 5.92 Å². The number of rotatable bonds is 3. The number of carbonyl (C=O) groups is 1. The molecule has 0 spiro atoms. The van der Waals surface area contributed by atoms with E-state index in [0.29, 0.717) is 24.4 Å².